The van der Waals surface area contributed by atoms with Gasteiger partial charge in [-0.05, 0) is 60.1 Å². The number of hydrogen-bond acceptors (Lipinski definition) is 9. The van der Waals surface area contributed by atoms with E-state index in [9.17, 15) is 30.7 Å². The van der Waals surface area contributed by atoms with Gasteiger partial charge < -0.3 is 0 Å². The fourth-order valence-corrected chi connectivity index (χ4v) is 10.5. The lowest BCUT2D eigenvalue weighted by Gasteiger charge is -2.16. The number of urea groups is 1. The van der Waals surface area contributed by atoms with Gasteiger partial charge in [-0.1, -0.05) is 60.7 Å². The van der Waals surface area contributed by atoms with Gasteiger partial charge in [0.2, 0.25) is 0 Å². The van der Waals surface area contributed by atoms with Crippen LogP contribution in [0.15, 0.2) is 81.2 Å². The molecular weight excluding hydrogens is 721 g/mol. The largest absolute Gasteiger partial charge is 0.326 e. The molecule has 0 saturated carbocycles. The molecule has 0 radical (unpaired) electrons. The van der Waals surface area contributed by atoms with Crippen molar-refractivity contribution >= 4 is 60.6 Å². The number of hydrogen-bond donors (Lipinski definition) is 4. The number of carbonyl (C=O) groups is 1. The average molecular weight is 749 g/mol. The Hall–Kier alpha value is -4.65. The molecule has 256 valence electrons. The first kappa shape index (κ1) is 32.5. The van der Waals surface area contributed by atoms with Gasteiger partial charge in [-0.15, -0.1) is 22.7 Å². The van der Waals surface area contributed by atoms with Gasteiger partial charge >= 0.3 is 26.3 Å². The molecule has 2 aliphatic rings. The van der Waals surface area contributed by atoms with Crippen molar-refractivity contribution in [3.8, 4) is 21.1 Å². The average Bonchev–Trinajstić information content (AvgIpc) is 3.85. The van der Waals surface area contributed by atoms with Crippen molar-refractivity contribution in [2.75, 3.05) is 10.6 Å². The second-order valence-corrected chi connectivity index (χ2v) is 17.4. The minimum atomic E-state index is -4.41. The van der Waals surface area contributed by atoms with Crippen molar-refractivity contribution in [2.45, 2.75) is 47.2 Å². The van der Waals surface area contributed by atoms with Crippen LogP contribution in [0.1, 0.15) is 33.4 Å². The normalized spacial score (nSPS) is 13.6. The summed E-state index contributed by atoms with van der Waals surface area (Å²) in [4.78, 5) is 15.0. The standard InChI is InChI=1S/C33H28N6O7S4/c40-33(34-31-23-13-11-21-15-25(49(41,42)43)47-29(21)27(23)38(36-31)17-19-7-3-1-4-8-19)35-32-24-14-12-22-16-26(50(44,45)46)48-30(22)28(24)39(37-32)18-20-9-5-2-6-10-20/h1-10,15-16H,11-14,17-18H2,(H,41,42,43)(H,44,45,46)(H2,34,35,36,37,40). The molecule has 6 aromatic rings. The van der Waals surface area contributed by atoms with Gasteiger partial charge in [-0.3, -0.25) is 29.1 Å². The molecule has 4 heterocycles. The molecule has 8 rings (SSSR count). The molecule has 17 heteroatoms. The maximum absolute atomic E-state index is 13.7. The quantitative estimate of drug-likeness (QED) is 0.136. The summed E-state index contributed by atoms with van der Waals surface area (Å²) in [6.45, 7) is 0.717. The number of aromatic nitrogens is 4. The zero-order chi connectivity index (χ0) is 34.8. The van der Waals surface area contributed by atoms with Crippen LogP contribution in [-0.2, 0) is 59.0 Å². The molecule has 0 spiro atoms. The molecule has 0 aliphatic heterocycles. The predicted molar refractivity (Wildman–Crippen MR) is 189 cm³/mol. The molecule has 0 saturated heterocycles. The highest BCUT2D eigenvalue weighted by molar-refractivity contribution is 7.88. The Morgan fingerprint density at radius 1 is 0.660 bits per heavy atom. The molecule has 4 N–H and O–H groups in total. The van der Waals surface area contributed by atoms with E-state index in [1.54, 1.807) is 9.36 Å². The minimum Gasteiger partial charge on any atom is -0.290 e. The van der Waals surface area contributed by atoms with Gasteiger partial charge in [0.1, 0.15) is 8.42 Å². The number of fused-ring (bicyclic) bond motifs is 6. The van der Waals surface area contributed by atoms with Crippen LogP contribution in [0.25, 0.3) is 21.1 Å². The molecule has 4 aromatic heterocycles. The summed E-state index contributed by atoms with van der Waals surface area (Å²) < 4.78 is 70.8. The fraction of sp³-hybridized carbons (Fsp3) is 0.182. The summed E-state index contributed by atoms with van der Waals surface area (Å²) in [5, 5.41) is 15.4. The van der Waals surface area contributed by atoms with Crippen LogP contribution < -0.4 is 10.6 Å². The molecule has 0 bridgehead atoms. The van der Waals surface area contributed by atoms with Crippen LogP contribution in [0.2, 0.25) is 0 Å². The summed E-state index contributed by atoms with van der Waals surface area (Å²) in [7, 11) is -8.82. The number of amides is 2. The van der Waals surface area contributed by atoms with Crippen molar-refractivity contribution in [1.82, 2.24) is 19.6 Å². The molecule has 2 amide bonds. The van der Waals surface area contributed by atoms with E-state index in [4.69, 9.17) is 10.2 Å². The van der Waals surface area contributed by atoms with Crippen molar-refractivity contribution in [3.05, 3.63) is 106 Å². The monoisotopic (exact) mass is 748 g/mol. The summed E-state index contributed by atoms with van der Waals surface area (Å²) in [6.07, 6.45) is 1.95. The molecule has 2 aliphatic carbocycles. The molecule has 2 aromatic carbocycles. The first-order valence-electron chi connectivity index (χ1n) is 15.5. The Morgan fingerprint density at radius 2 is 1.06 bits per heavy atom. The first-order valence-corrected chi connectivity index (χ1v) is 20.0. The minimum absolute atomic E-state index is 0.150. The lowest BCUT2D eigenvalue weighted by atomic mass is 9.96. The number of anilines is 2. The summed E-state index contributed by atoms with van der Waals surface area (Å²) in [6, 6.07) is 21.6. The van der Waals surface area contributed by atoms with E-state index < -0.39 is 26.3 Å². The van der Waals surface area contributed by atoms with E-state index in [0.29, 0.717) is 71.6 Å². The summed E-state index contributed by atoms with van der Waals surface area (Å²) in [5.74, 6) is 0.633. The Kier molecular flexibility index (Phi) is 8.00. The van der Waals surface area contributed by atoms with Crippen molar-refractivity contribution in [2.24, 2.45) is 0 Å². The molecule has 0 atom stereocenters. The van der Waals surface area contributed by atoms with Gasteiger partial charge in [-0.2, -0.15) is 27.0 Å². The highest BCUT2D eigenvalue weighted by Gasteiger charge is 2.32. The number of rotatable bonds is 8. The number of carbonyl (C=O) groups excluding carboxylic acids is 1. The lowest BCUT2D eigenvalue weighted by Crippen LogP contribution is -2.22. The number of nitrogens with zero attached hydrogens (tertiary/aromatic N) is 4. The highest BCUT2D eigenvalue weighted by Crippen LogP contribution is 2.45. The van der Waals surface area contributed by atoms with Crippen LogP contribution in [0.5, 0.6) is 0 Å². The van der Waals surface area contributed by atoms with E-state index in [1.165, 1.54) is 12.1 Å². The number of nitrogens with one attached hydrogen (secondary N) is 2. The molecule has 0 unspecified atom stereocenters. The highest BCUT2D eigenvalue weighted by atomic mass is 32.3. The van der Waals surface area contributed by atoms with Crippen molar-refractivity contribution in [3.63, 3.8) is 0 Å². The van der Waals surface area contributed by atoms with Crippen molar-refractivity contribution in [1.29, 1.82) is 0 Å². The molecular formula is C33H28N6O7S4. The van der Waals surface area contributed by atoms with Crippen molar-refractivity contribution < 1.29 is 30.7 Å². The number of benzene rings is 2. The van der Waals surface area contributed by atoms with Gasteiger partial charge in [0, 0.05) is 11.1 Å². The summed E-state index contributed by atoms with van der Waals surface area (Å²) in [5.41, 5.74) is 6.29. The zero-order valence-corrected chi connectivity index (χ0v) is 29.3. The third kappa shape index (κ3) is 6.05. The smallest absolute Gasteiger partial charge is 0.290 e. The lowest BCUT2D eigenvalue weighted by molar-refractivity contribution is 0.262. The first-order chi connectivity index (χ1) is 23.9. The SMILES string of the molecule is O=C(Nc1nn(Cc2ccccc2)c2c1CCc1cc(S(=O)(=O)O)sc1-2)Nc1nn(Cc2ccccc2)c2c1CCc1cc(S(=O)(=O)O)sc1-2. The van der Waals surface area contributed by atoms with E-state index in [-0.39, 0.29) is 8.42 Å². The van der Waals surface area contributed by atoms with Gasteiger partial charge in [0.25, 0.3) is 0 Å². The third-order valence-corrected chi connectivity index (χ3v) is 13.7. The predicted octanol–water partition coefficient (Wildman–Crippen LogP) is 5.97. The fourth-order valence-electron chi connectivity index (χ4n) is 6.52. The van der Waals surface area contributed by atoms with Crippen LogP contribution in [-0.4, -0.2) is 51.5 Å². The Labute approximate surface area is 294 Å². The van der Waals surface area contributed by atoms with E-state index in [2.05, 4.69) is 10.6 Å². The van der Waals surface area contributed by atoms with Crippen LogP contribution >= 0.6 is 22.7 Å². The Balaban J connectivity index is 1.15. The molecule has 0 fully saturated rings. The third-order valence-electron chi connectivity index (χ3n) is 8.72. The Bertz CT molecular complexity index is 2340. The maximum Gasteiger partial charge on any atom is 0.326 e. The topological polar surface area (TPSA) is 186 Å². The van der Waals surface area contributed by atoms with E-state index in [1.807, 2.05) is 60.7 Å². The van der Waals surface area contributed by atoms with Crippen LogP contribution in [0, 0.1) is 0 Å². The second-order valence-electron chi connectivity index (χ2n) is 12.0. The van der Waals surface area contributed by atoms with E-state index in [0.717, 1.165) is 56.1 Å². The van der Waals surface area contributed by atoms with Gasteiger partial charge in [-0.25, -0.2) is 4.79 Å². The number of aryl methyl sites for hydroxylation is 2. The second kappa shape index (κ2) is 12.3. The number of thiophene rings is 2. The van der Waals surface area contributed by atoms with Crippen LogP contribution in [0.3, 0.4) is 0 Å². The molecule has 50 heavy (non-hydrogen) atoms. The summed E-state index contributed by atoms with van der Waals surface area (Å²) >= 11 is 1.94. The van der Waals surface area contributed by atoms with E-state index >= 15 is 0 Å². The van der Waals surface area contributed by atoms with Gasteiger partial charge in [0.05, 0.1) is 34.2 Å². The van der Waals surface area contributed by atoms with Crippen LogP contribution in [0.4, 0.5) is 16.4 Å². The van der Waals surface area contributed by atoms with Gasteiger partial charge in [0.15, 0.2) is 11.6 Å². The maximum atomic E-state index is 13.7. The molecule has 13 nitrogen and oxygen atoms in total. The Morgan fingerprint density at radius 3 is 1.44 bits per heavy atom. The zero-order valence-electron chi connectivity index (χ0n) is 26.0.